The van der Waals surface area contributed by atoms with Crippen LogP contribution in [0, 0.1) is 6.92 Å². The SMILES string of the molecule is Cc1cc(C2CCC(N3C[C@H](CN4C(=O)CN(C)C4=O)OC[C@@H]3Cc3ccc(Cl)cc3)CC2)nn1C. The summed E-state index contributed by atoms with van der Waals surface area (Å²) in [6.07, 6.45) is 5.15. The lowest BCUT2D eigenvalue weighted by Crippen LogP contribution is -2.57. The lowest BCUT2D eigenvalue weighted by Gasteiger charge is -2.46. The van der Waals surface area contributed by atoms with E-state index in [0.29, 0.717) is 25.1 Å². The smallest absolute Gasteiger partial charge is 0.327 e. The third-order valence-corrected chi connectivity index (χ3v) is 8.38. The molecule has 1 aromatic heterocycles. The van der Waals surface area contributed by atoms with Crippen molar-refractivity contribution >= 4 is 23.5 Å². The minimum atomic E-state index is -0.232. The number of ether oxygens (including phenoxy) is 1. The van der Waals surface area contributed by atoms with Crippen molar-refractivity contribution in [3.63, 3.8) is 0 Å². The van der Waals surface area contributed by atoms with Crippen molar-refractivity contribution in [2.24, 2.45) is 7.05 Å². The molecule has 0 unspecified atom stereocenters. The fourth-order valence-corrected chi connectivity index (χ4v) is 6.08. The van der Waals surface area contributed by atoms with Gasteiger partial charge in [0, 0.05) is 49.4 Å². The fourth-order valence-electron chi connectivity index (χ4n) is 5.95. The first-order valence-corrected chi connectivity index (χ1v) is 13.3. The first-order valence-electron chi connectivity index (χ1n) is 13.0. The van der Waals surface area contributed by atoms with Crippen LogP contribution in [0.1, 0.15) is 48.6 Å². The molecule has 8 nitrogen and oxygen atoms in total. The van der Waals surface area contributed by atoms with E-state index in [9.17, 15) is 9.59 Å². The number of urea groups is 1. The topological polar surface area (TPSA) is 70.9 Å². The van der Waals surface area contributed by atoms with E-state index in [-0.39, 0.29) is 30.6 Å². The summed E-state index contributed by atoms with van der Waals surface area (Å²) in [6.45, 7) is 3.86. The minimum absolute atomic E-state index is 0.144. The largest absolute Gasteiger partial charge is 0.373 e. The Kier molecular flexibility index (Phi) is 7.37. The van der Waals surface area contributed by atoms with E-state index < -0.39 is 0 Å². The lowest BCUT2D eigenvalue weighted by molar-refractivity contribution is -0.129. The van der Waals surface area contributed by atoms with Gasteiger partial charge in [-0.05, 0) is 62.8 Å². The molecule has 2 aliphatic heterocycles. The number of aryl methyl sites for hydroxylation is 2. The molecule has 1 saturated carbocycles. The Morgan fingerprint density at radius 3 is 2.42 bits per heavy atom. The average molecular weight is 514 g/mol. The van der Waals surface area contributed by atoms with Gasteiger partial charge < -0.3 is 9.64 Å². The molecule has 2 saturated heterocycles. The molecule has 2 aromatic rings. The Bertz CT molecular complexity index is 1080. The molecule has 5 rings (SSSR count). The summed E-state index contributed by atoms with van der Waals surface area (Å²) in [6, 6.07) is 10.7. The molecule has 0 N–H and O–H groups in total. The summed E-state index contributed by atoms with van der Waals surface area (Å²) in [5, 5.41) is 5.48. The number of rotatable bonds is 6. The number of amides is 3. The molecule has 3 amide bonds. The predicted octanol–water partition coefficient (Wildman–Crippen LogP) is 3.61. The standard InChI is InChI=1S/C27H36ClN5O3/c1-18-12-25(29-31(18)3)20-6-10-22(11-7-20)32-14-24(15-33-26(34)16-30(2)27(33)35)36-17-23(32)13-19-4-8-21(28)9-5-19/h4-5,8-9,12,20,22-24H,6-7,10-11,13-17H2,1-3H3/t20?,22?,23-,24+/m0/s1. The number of imide groups is 1. The highest BCUT2D eigenvalue weighted by Crippen LogP contribution is 2.36. The first-order chi connectivity index (χ1) is 17.3. The number of nitrogens with zero attached hydrogens (tertiary/aromatic N) is 5. The third kappa shape index (κ3) is 5.31. The van der Waals surface area contributed by atoms with Gasteiger partial charge in [0.25, 0.3) is 0 Å². The van der Waals surface area contributed by atoms with E-state index in [1.165, 1.54) is 26.8 Å². The summed E-state index contributed by atoms with van der Waals surface area (Å²) in [4.78, 5) is 30.2. The zero-order valence-corrected chi connectivity index (χ0v) is 22.2. The molecule has 1 aliphatic carbocycles. The van der Waals surface area contributed by atoms with Crippen LogP contribution in [0.25, 0.3) is 0 Å². The average Bonchev–Trinajstić information content (AvgIpc) is 3.33. The van der Waals surface area contributed by atoms with E-state index in [2.05, 4.69) is 30.0 Å². The number of likely N-dealkylation sites (N-methyl/N-ethyl adjacent to an activating group) is 1. The Hall–Kier alpha value is -2.42. The van der Waals surface area contributed by atoms with Crippen LogP contribution in [0.5, 0.6) is 0 Å². The van der Waals surface area contributed by atoms with Gasteiger partial charge >= 0.3 is 6.03 Å². The van der Waals surface area contributed by atoms with Crippen molar-refractivity contribution < 1.29 is 14.3 Å². The Morgan fingerprint density at radius 2 is 1.81 bits per heavy atom. The van der Waals surface area contributed by atoms with Crippen molar-refractivity contribution in [2.75, 3.05) is 33.3 Å². The highest BCUT2D eigenvalue weighted by atomic mass is 35.5. The zero-order chi connectivity index (χ0) is 25.4. The van der Waals surface area contributed by atoms with Crippen LogP contribution in [-0.4, -0.2) is 87.9 Å². The van der Waals surface area contributed by atoms with Gasteiger partial charge in [0.05, 0.1) is 24.9 Å². The molecular formula is C27H36ClN5O3. The summed E-state index contributed by atoms with van der Waals surface area (Å²) >= 11 is 6.11. The molecule has 3 aliphatic rings. The fraction of sp³-hybridized carbons (Fsp3) is 0.593. The van der Waals surface area contributed by atoms with Crippen LogP contribution >= 0.6 is 11.6 Å². The normalized spacial score (nSPS) is 27.8. The van der Waals surface area contributed by atoms with Crippen molar-refractivity contribution in [3.8, 4) is 0 Å². The monoisotopic (exact) mass is 513 g/mol. The van der Waals surface area contributed by atoms with E-state index in [0.717, 1.165) is 43.7 Å². The maximum Gasteiger partial charge on any atom is 0.327 e. The van der Waals surface area contributed by atoms with Crippen molar-refractivity contribution in [2.45, 2.75) is 63.1 Å². The van der Waals surface area contributed by atoms with Gasteiger partial charge in [-0.1, -0.05) is 23.7 Å². The number of hydrogen-bond acceptors (Lipinski definition) is 5. The van der Waals surface area contributed by atoms with Gasteiger partial charge in [0.15, 0.2) is 0 Å². The number of morpholine rings is 1. The highest BCUT2D eigenvalue weighted by Gasteiger charge is 2.40. The molecule has 0 spiro atoms. The van der Waals surface area contributed by atoms with Gasteiger partial charge in [0.2, 0.25) is 5.91 Å². The summed E-state index contributed by atoms with van der Waals surface area (Å²) in [5.74, 6) is 0.357. The molecule has 0 bridgehead atoms. The molecule has 36 heavy (non-hydrogen) atoms. The van der Waals surface area contributed by atoms with Crippen LogP contribution in [0.15, 0.2) is 30.3 Å². The second-order valence-corrected chi connectivity index (χ2v) is 11.1. The maximum absolute atomic E-state index is 12.4. The second kappa shape index (κ2) is 10.5. The summed E-state index contributed by atoms with van der Waals surface area (Å²) in [7, 11) is 3.67. The number of hydrogen-bond donors (Lipinski definition) is 0. The number of benzene rings is 1. The third-order valence-electron chi connectivity index (χ3n) is 8.13. The van der Waals surface area contributed by atoms with Crippen molar-refractivity contribution in [1.82, 2.24) is 24.5 Å². The van der Waals surface area contributed by atoms with Gasteiger partial charge in [-0.15, -0.1) is 0 Å². The molecule has 194 valence electrons. The van der Waals surface area contributed by atoms with E-state index in [1.54, 1.807) is 7.05 Å². The Labute approximate surface area is 218 Å². The van der Waals surface area contributed by atoms with Crippen LogP contribution < -0.4 is 0 Å². The zero-order valence-electron chi connectivity index (χ0n) is 21.4. The van der Waals surface area contributed by atoms with Crippen LogP contribution in [0.4, 0.5) is 4.79 Å². The molecule has 3 heterocycles. The number of carbonyl (C=O) groups excluding carboxylic acids is 2. The lowest BCUT2D eigenvalue weighted by atomic mass is 9.82. The van der Waals surface area contributed by atoms with Crippen molar-refractivity contribution in [1.29, 1.82) is 0 Å². The Balaban J connectivity index is 1.28. The van der Waals surface area contributed by atoms with E-state index >= 15 is 0 Å². The number of halogens is 1. The predicted molar refractivity (Wildman–Crippen MR) is 138 cm³/mol. The van der Waals surface area contributed by atoms with Crippen LogP contribution in [0.2, 0.25) is 5.02 Å². The first kappa shape index (κ1) is 25.2. The minimum Gasteiger partial charge on any atom is -0.373 e. The quantitative estimate of drug-likeness (QED) is 0.552. The molecule has 3 fully saturated rings. The Morgan fingerprint density at radius 1 is 1.08 bits per heavy atom. The molecule has 0 radical (unpaired) electrons. The van der Waals surface area contributed by atoms with Gasteiger partial charge in [-0.25, -0.2) is 4.79 Å². The molecule has 2 atom stereocenters. The van der Waals surface area contributed by atoms with Crippen LogP contribution in [-0.2, 0) is 23.0 Å². The maximum atomic E-state index is 12.4. The van der Waals surface area contributed by atoms with Gasteiger partial charge in [-0.3, -0.25) is 19.3 Å². The number of aromatic nitrogens is 2. The van der Waals surface area contributed by atoms with Crippen molar-refractivity contribution in [3.05, 3.63) is 52.3 Å². The van der Waals surface area contributed by atoms with Gasteiger partial charge in [-0.2, -0.15) is 5.10 Å². The molecular weight excluding hydrogens is 478 g/mol. The number of carbonyl (C=O) groups is 2. The van der Waals surface area contributed by atoms with Gasteiger partial charge in [0.1, 0.15) is 6.54 Å². The van der Waals surface area contributed by atoms with E-state index in [1.807, 2.05) is 23.9 Å². The van der Waals surface area contributed by atoms with Crippen LogP contribution in [0.3, 0.4) is 0 Å². The van der Waals surface area contributed by atoms with E-state index in [4.69, 9.17) is 21.4 Å². The molecule has 1 aromatic carbocycles. The second-order valence-electron chi connectivity index (χ2n) is 10.6. The summed E-state index contributed by atoms with van der Waals surface area (Å²) in [5.41, 5.74) is 3.64. The highest BCUT2D eigenvalue weighted by molar-refractivity contribution is 6.30. The molecule has 9 heteroatoms. The summed E-state index contributed by atoms with van der Waals surface area (Å²) < 4.78 is 8.23.